The molecule has 0 saturated heterocycles. The van der Waals surface area contributed by atoms with Crippen LogP contribution in [0.15, 0.2) is 47.4 Å². The van der Waals surface area contributed by atoms with E-state index >= 15 is 0 Å². The summed E-state index contributed by atoms with van der Waals surface area (Å²) < 4.78 is 36.3. The van der Waals surface area contributed by atoms with Gasteiger partial charge in [0.25, 0.3) is 10.1 Å². The number of ether oxygens (including phenoxy) is 1. The third kappa shape index (κ3) is 5.29. The van der Waals surface area contributed by atoms with Crippen LogP contribution in [0, 0.1) is 0 Å². The molecule has 0 saturated carbocycles. The lowest BCUT2D eigenvalue weighted by molar-refractivity contribution is 0.0685. The number of anilines is 1. The summed E-state index contributed by atoms with van der Waals surface area (Å²) in [5, 5.41) is 61.4. The quantitative estimate of drug-likeness (QED) is 0.0990. The molecule has 3 aromatic carbocycles. The first kappa shape index (κ1) is 24.9. The molecule has 0 heterocycles. The first-order valence-corrected chi connectivity index (χ1v) is 10.8. The Labute approximate surface area is 196 Å². The normalized spacial score (nSPS) is 11.1. The fourth-order valence-corrected chi connectivity index (χ4v) is 3.41. The number of carboxylic acids is 1. The van der Waals surface area contributed by atoms with Crippen LogP contribution in [-0.4, -0.2) is 55.5 Å². The first-order chi connectivity index (χ1) is 16.3. The van der Waals surface area contributed by atoms with Crippen LogP contribution >= 0.6 is 0 Å². The average Bonchev–Trinajstić information content (AvgIpc) is 2.79. The molecule has 0 aliphatic heterocycles. The van der Waals surface area contributed by atoms with Crippen molar-refractivity contribution in [3.63, 3.8) is 0 Å². The highest BCUT2D eigenvalue weighted by atomic mass is 32.2. The molecule has 8 N–H and O–H groups in total. The van der Waals surface area contributed by atoms with Crippen molar-refractivity contribution >= 4 is 27.7 Å². The number of rotatable bonds is 7. The molecule has 0 aliphatic carbocycles. The van der Waals surface area contributed by atoms with Crippen LogP contribution in [0.25, 0.3) is 0 Å². The molecule has 13 nitrogen and oxygen atoms in total. The summed E-state index contributed by atoms with van der Waals surface area (Å²) in [7, 11) is -4.43. The number of aromatic hydroxyl groups is 5. The van der Waals surface area contributed by atoms with Crippen LogP contribution in [0.3, 0.4) is 0 Å². The van der Waals surface area contributed by atoms with Crippen LogP contribution in [-0.2, 0) is 16.7 Å². The number of esters is 1. The van der Waals surface area contributed by atoms with Gasteiger partial charge in [0.15, 0.2) is 23.0 Å². The summed E-state index contributed by atoms with van der Waals surface area (Å²) in [5.41, 5.74) is -1.07. The van der Waals surface area contributed by atoms with Crippen LogP contribution in [0.1, 0.15) is 26.3 Å². The van der Waals surface area contributed by atoms with E-state index < -0.39 is 67.7 Å². The third-order valence-electron chi connectivity index (χ3n) is 4.70. The number of benzene rings is 3. The number of carboxylic acid groups (broad SMARTS) is 1. The number of nitrogens with one attached hydrogen (secondary N) is 1. The molecular weight excluding hydrogens is 490 g/mol. The van der Waals surface area contributed by atoms with Gasteiger partial charge < -0.3 is 40.7 Å². The fraction of sp³-hybridized carbons (Fsp3) is 0.0476. The lowest BCUT2D eigenvalue weighted by Gasteiger charge is -2.15. The maximum absolute atomic E-state index is 12.8. The van der Waals surface area contributed by atoms with E-state index in [2.05, 4.69) is 5.32 Å². The Hall–Kier alpha value is -4.69. The van der Waals surface area contributed by atoms with E-state index in [-0.39, 0.29) is 22.7 Å². The van der Waals surface area contributed by atoms with Gasteiger partial charge in [0.1, 0.15) is 0 Å². The van der Waals surface area contributed by atoms with Gasteiger partial charge in [0.2, 0.25) is 11.5 Å². The van der Waals surface area contributed by atoms with Crippen molar-refractivity contribution < 1.29 is 57.9 Å². The van der Waals surface area contributed by atoms with Crippen molar-refractivity contribution in [3.8, 4) is 34.5 Å². The molecule has 0 aromatic heterocycles. The van der Waals surface area contributed by atoms with Gasteiger partial charge in [-0.3, -0.25) is 4.55 Å². The van der Waals surface area contributed by atoms with Gasteiger partial charge in [0.05, 0.1) is 16.0 Å². The van der Waals surface area contributed by atoms with Gasteiger partial charge in [-0.05, 0) is 42.5 Å². The molecule has 0 atom stereocenters. The van der Waals surface area contributed by atoms with Gasteiger partial charge in [-0.2, -0.15) is 8.42 Å². The van der Waals surface area contributed by atoms with E-state index in [9.17, 15) is 43.5 Å². The Balaban J connectivity index is 1.95. The lowest BCUT2D eigenvalue weighted by Crippen LogP contribution is -2.14. The number of hydrogen-bond donors (Lipinski definition) is 8. The second-order valence-electron chi connectivity index (χ2n) is 7.01. The molecule has 184 valence electrons. The van der Waals surface area contributed by atoms with E-state index in [0.29, 0.717) is 0 Å². The molecule has 0 bridgehead atoms. The minimum absolute atomic E-state index is 0.264. The molecule has 14 heteroatoms. The zero-order valence-electron chi connectivity index (χ0n) is 17.3. The lowest BCUT2D eigenvalue weighted by atomic mass is 10.0. The van der Waals surface area contributed by atoms with Gasteiger partial charge in [0, 0.05) is 17.8 Å². The molecule has 0 aliphatic rings. The Morgan fingerprint density at radius 3 is 2.03 bits per heavy atom. The molecular formula is C21H17NO12S. The second-order valence-corrected chi connectivity index (χ2v) is 8.43. The van der Waals surface area contributed by atoms with Crippen molar-refractivity contribution in [3.05, 3.63) is 59.2 Å². The first-order valence-electron chi connectivity index (χ1n) is 9.39. The predicted octanol–water partition coefficient (Wildman–Crippen LogP) is 1.99. The van der Waals surface area contributed by atoms with Crippen molar-refractivity contribution in [2.75, 3.05) is 5.32 Å². The van der Waals surface area contributed by atoms with Gasteiger partial charge in [-0.25, -0.2) is 9.59 Å². The molecule has 3 aromatic rings. The number of aromatic carboxylic acids is 1. The third-order valence-corrected chi connectivity index (χ3v) is 5.57. The van der Waals surface area contributed by atoms with Crippen molar-refractivity contribution in [1.29, 1.82) is 0 Å². The minimum Gasteiger partial charge on any atom is -0.504 e. The van der Waals surface area contributed by atoms with Gasteiger partial charge >= 0.3 is 11.9 Å². The molecule has 3 rings (SSSR count). The molecule has 0 amide bonds. The summed E-state index contributed by atoms with van der Waals surface area (Å²) in [5.74, 6) is -8.16. The molecule has 35 heavy (non-hydrogen) atoms. The van der Waals surface area contributed by atoms with E-state index in [1.165, 1.54) is 12.1 Å². The van der Waals surface area contributed by atoms with Crippen LogP contribution in [0.2, 0.25) is 0 Å². The number of carbonyl (C=O) groups is 2. The zero-order valence-corrected chi connectivity index (χ0v) is 18.1. The fourth-order valence-electron chi connectivity index (χ4n) is 2.93. The Morgan fingerprint density at radius 2 is 1.46 bits per heavy atom. The highest BCUT2D eigenvalue weighted by Gasteiger charge is 2.25. The monoisotopic (exact) mass is 507 g/mol. The van der Waals surface area contributed by atoms with Crippen LogP contribution in [0.4, 0.5) is 5.69 Å². The summed E-state index contributed by atoms with van der Waals surface area (Å²) in [6.45, 7) is -0.387. The Morgan fingerprint density at radius 1 is 0.857 bits per heavy atom. The van der Waals surface area contributed by atoms with Crippen molar-refractivity contribution in [2.24, 2.45) is 0 Å². The second kappa shape index (κ2) is 9.28. The van der Waals surface area contributed by atoms with Crippen LogP contribution in [0.5, 0.6) is 34.5 Å². The smallest absolute Gasteiger partial charge is 0.344 e. The summed E-state index contributed by atoms with van der Waals surface area (Å²) >= 11 is 0. The van der Waals surface area contributed by atoms with Crippen molar-refractivity contribution in [2.45, 2.75) is 11.4 Å². The van der Waals surface area contributed by atoms with Gasteiger partial charge in [-0.15, -0.1) is 0 Å². The minimum atomic E-state index is -4.43. The van der Waals surface area contributed by atoms with E-state index in [1.807, 2.05) is 0 Å². The maximum atomic E-state index is 12.8. The number of carbonyl (C=O) groups excluding carboxylic acids is 1. The topological polar surface area (TPSA) is 231 Å². The Bertz CT molecular complexity index is 1430. The number of phenolic OH excluding ortho intramolecular Hbond substituents is 5. The van der Waals surface area contributed by atoms with E-state index in [1.54, 1.807) is 0 Å². The Kier molecular flexibility index (Phi) is 6.61. The van der Waals surface area contributed by atoms with E-state index in [0.717, 1.165) is 30.3 Å². The maximum Gasteiger partial charge on any atom is 0.344 e. The SMILES string of the molecule is O=C(O)c1cc(O)c(O)c(OC(=O)c2cc(O)c(O)c(O)c2CNc2ccc(S(=O)(=O)O)cc2)c1. The highest BCUT2D eigenvalue weighted by molar-refractivity contribution is 7.85. The van der Waals surface area contributed by atoms with Gasteiger partial charge in [-0.1, -0.05) is 0 Å². The molecule has 0 fully saturated rings. The summed E-state index contributed by atoms with van der Waals surface area (Å²) in [6, 6.07) is 6.89. The molecule has 0 unspecified atom stereocenters. The summed E-state index contributed by atoms with van der Waals surface area (Å²) in [6.07, 6.45) is 0. The summed E-state index contributed by atoms with van der Waals surface area (Å²) in [4.78, 5) is 23.6. The van der Waals surface area contributed by atoms with Crippen LogP contribution < -0.4 is 10.1 Å². The van der Waals surface area contributed by atoms with E-state index in [4.69, 9.17) is 14.4 Å². The predicted molar refractivity (Wildman–Crippen MR) is 117 cm³/mol. The van der Waals surface area contributed by atoms with Crippen molar-refractivity contribution in [1.82, 2.24) is 0 Å². The zero-order chi connectivity index (χ0) is 26.1. The number of phenols is 5. The molecule has 0 spiro atoms. The molecule has 0 radical (unpaired) electrons. The largest absolute Gasteiger partial charge is 0.504 e. The highest BCUT2D eigenvalue weighted by Crippen LogP contribution is 2.41. The average molecular weight is 507 g/mol. The number of hydrogen-bond acceptors (Lipinski definition) is 11. The standard InChI is InChI=1S/C21H17NO12S/c23-14-5-9(20(28)29)6-16(18(14)26)34-21(30)12-7-15(24)19(27)17(25)13(12)8-22-10-1-3-11(4-2-10)35(31,32)33/h1-7,22-27H,8H2,(H,28,29)(H,31,32,33).